The number of carboxylic acid groups (broad SMARTS) is 1. The van der Waals surface area contributed by atoms with Gasteiger partial charge in [0.25, 0.3) is 0 Å². The minimum absolute atomic E-state index is 0.190. The van der Waals surface area contributed by atoms with Crippen molar-refractivity contribution in [3.8, 4) is 0 Å². The molecule has 0 fully saturated rings. The number of rotatable bonds is 5. The van der Waals surface area contributed by atoms with Gasteiger partial charge < -0.3 is 10.8 Å². The molecule has 0 radical (unpaired) electrons. The molecule has 0 saturated carbocycles. The number of thiol groups is 1. The zero-order valence-electron chi connectivity index (χ0n) is 10.4. The van der Waals surface area contributed by atoms with E-state index in [2.05, 4.69) is 47.4 Å². The maximum Gasteiger partial charge on any atom is 0.321 e. The predicted octanol–water partition coefficient (Wildman–Crippen LogP) is 0.441. The van der Waals surface area contributed by atoms with Crippen LogP contribution in [-0.2, 0) is 18.4 Å². The average molecular weight is 260 g/mol. The summed E-state index contributed by atoms with van der Waals surface area (Å²) in [5, 5.41) is 8.01. The summed E-state index contributed by atoms with van der Waals surface area (Å²) in [6, 6.07) is -0.816. The quantitative estimate of drug-likeness (QED) is 0.531. The van der Waals surface area contributed by atoms with Crippen LogP contribution in [0.15, 0.2) is 18.7 Å². The SMILES string of the molecule is CCCC[n+]1ccn(C)c1.NC(CS)C(=O)O. The lowest BCUT2D eigenvalue weighted by molar-refractivity contribution is -0.696. The van der Waals surface area contributed by atoms with Crippen molar-refractivity contribution < 1.29 is 14.5 Å². The Kier molecular flexibility index (Phi) is 8.53. The molecule has 0 aliphatic rings. The van der Waals surface area contributed by atoms with E-state index in [1.54, 1.807) is 0 Å². The van der Waals surface area contributed by atoms with Crippen LogP contribution in [0.5, 0.6) is 0 Å². The molecular weight excluding hydrogens is 238 g/mol. The largest absolute Gasteiger partial charge is 0.480 e. The summed E-state index contributed by atoms with van der Waals surface area (Å²) in [7, 11) is 2.04. The smallest absolute Gasteiger partial charge is 0.321 e. The van der Waals surface area contributed by atoms with Crippen molar-refractivity contribution in [1.82, 2.24) is 4.57 Å². The Bertz CT molecular complexity index is 328. The van der Waals surface area contributed by atoms with Crippen LogP contribution in [0.2, 0.25) is 0 Å². The maximum absolute atomic E-state index is 9.76. The second-order valence-corrected chi connectivity index (χ2v) is 4.16. The predicted molar refractivity (Wildman–Crippen MR) is 70.0 cm³/mol. The van der Waals surface area contributed by atoms with E-state index in [1.807, 2.05) is 7.05 Å². The van der Waals surface area contributed by atoms with E-state index in [1.165, 1.54) is 12.8 Å². The fraction of sp³-hybridized carbons (Fsp3) is 0.636. The number of nitrogens with zero attached hydrogens (tertiary/aromatic N) is 2. The van der Waals surface area contributed by atoms with Gasteiger partial charge in [0.2, 0.25) is 6.33 Å². The number of carbonyl (C=O) groups is 1. The third kappa shape index (κ3) is 7.82. The molecule has 5 nitrogen and oxygen atoms in total. The summed E-state index contributed by atoms with van der Waals surface area (Å²) >= 11 is 3.65. The van der Waals surface area contributed by atoms with Gasteiger partial charge >= 0.3 is 5.97 Å². The van der Waals surface area contributed by atoms with Crippen LogP contribution in [-0.4, -0.2) is 27.4 Å². The van der Waals surface area contributed by atoms with Crippen LogP contribution in [0, 0.1) is 0 Å². The molecule has 1 rings (SSSR count). The topological polar surface area (TPSA) is 72.1 Å². The first kappa shape index (κ1) is 16.0. The van der Waals surface area contributed by atoms with Gasteiger partial charge in [-0.2, -0.15) is 12.6 Å². The van der Waals surface area contributed by atoms with Gasteiger partial charge in [0, 0.05) is 5.75 Å². The highest BCUT2D eigenvalue weighted by Crippen LogP contribution is 1.85. The van der Waals surface area contributed by atoms with Crippen LogP contribution in [0.1, 0.15) is 19.8 Å². The highest BCUT2D eigenvalue weighted by Gasteiger charge is 2.06. The number of unbranched alkanes of at least 4 members (excludes halogenated alkanes) is 1. The Morgan fingerprint density at radius 2 is 2.29 bits per heavy atom. The standard InChI is InChI=1S/C8H15N2.C3H7NO2S/c1-3-4-5-10-7-6-9(2)8-10;4-2(1-7)3(5)6/h6-8H,3-5H2,1-2H3;2,7H,1,4H2,(H,5,6)/q+1;. The highest BCUT2D eigenvalue weighted by molar-refractivity contribution is 7.80. The lowest BCUT2D eigenvalue weighted by Crippen LogP contribution is -2.31. The molecule has 0 saturated heterocycles. The minimum Gasteiger partial charge on any atom is -0.480 e. The van der Waals surface area contributed by atoms with Crippen LogP contribution in [0.25, 0.3) is 0 Å². The Morgan fingerprint density at radius 3 is 2.59 bits per heavy atom. The first-order valence-corrected chi connectivity index (χ1v) is 6.24. The summed E-state index contributed by atoms with van der Waals surface area (Å²) in [6.45, 7) is 3.36. The number of aryl methyl sites for hydroxylation is 2. The van der Waals surface area contributed by atoms with Gasteiger partial charge in [-0.15, -0.1) is 0 Å². The molecule has 6 heteroatoms. The van der Waals surface area contributed by atoms with Crippen molar-refractivity contribution in [1.29, 1.82) is 0 Å². The average Bonchev–Trinajstić information content (AvgIpc) is 2.72. The first-order valence-electron chi connectivity index (χ1n) is 5.61. The minimum atomic E-state index is -1.00. The Balaban J connectivity index is 0.000000325. The molecule has 0 aliphatic heterocycles. The number of hydrogen-bond acceptors (Lipinski definition) is 3. The Morgan fingerprint density at radius 1 is 1.65 bits per heavy atom. The van der Waals surface area contributed by atoms with Crippen molar-refractivity contribution in [2.24, 2.45) is 12.8 Å². The molecule has 0 aliphatic carbocycles. The number of aromatic nitrogens is 2. The molecule has 0 amide bonds. The van der Waals surface area contributed by atoms with Crippen molar-refractivity contribution in [3.05, 3.63) is 18.7 Å². The van der Waals surface area contributed by atoms with E-state index in [0.717, 1.165) is 6.54 Å². The summed E-state index contributed by atoms with van der Waals surface area (Å²) in [5.41, 5.74) is 4.94. The van der Waals surface area contributed by atoms with Crippen molar-refractivity contribution in [2.75, 3.05) is 5.75 Å². The van der Waals surface area contributed by atoms with E-state index in [9.17, 15) is 4.79 Å². The fourth-order valence-corrected chi connectivity index (χ4v) is 1.21. The summed E-state index contributed by atoms with van der Waals surface area (Å²) in [6.07, 6.45) is 8.82. The number of hydrogen-bond donors (Lipinski definition) is 3. The number of aliphatic carboxylic acids is 1. The number of carboxylic acids is 1. The van der Waals surface area contributed by atoms with Gasteiger partial charge in [0.05, 0.1) is 13.6 Å². The monoisotopic (exact) mass is 260 g/mol. The van der Waals surface area contributed by atoms with Crippen molar-refractivity contribution >= 4 is 18.6 Å². The maximum atomic E-state index is 9.76. The van der Waals surface area contributed by atoms with Crippen LogP contribution in [0.4, 0.5) is 0 Å². The third-order valence-corrected chi connectivity index (χ3v) is 2.50. The zero-order chi connectivity index (χ0) is 13.3. The van der Waals surface area contributed by atoms with Crippen molar-refractivity contribution in [3.63, 3.8) is 0 Å². The lowest BCUT2D eigenvalue weighted by atomic mass is 10.3. The molecule has 1 heterocycles. The lowest BCUT2D eigenvalue weighted by Gasteiger charge is -1.96. The van der Waals surface area contributed by atoms with E-state index in [-0.39, 0.29) is 5.75 Å². The van der Waals surface area contributed by atoms with Gasteiger partial charge in [0.1, 0.15) is 18.4 Å². The Hall–Kier alpha value is -1.01. The van der Waals surface area contributed by atoms with Crippen molar-refractivity contribution in [2.45, 2.75) is 32.4 Å². The molecular formula is C11H22N3O2S+. The van der Waals surface area contributed by atoms with E-state index in [0.29, 0.717) is 0 Å². The second-order valence-electron chi connectivity index (χ2n) is 3.80. The molecule has 1 atom stereocenters. The van der Waals surface area contributed by atoms with Crippen LogP contribution < -0.4 is 10.3 Å². The molecule has 0 aromatic carbocycles. The second kappa shape index (κ2) is 9.07. The molecule has 98 valence electrons. The van der Waals surface area contributed by atoms with Crippen LogP contribution >= 0.6 is 12.6 Å². The van der Waals surface area contributed by atoms with E-state index < -0.39 is 12.0 Å². The zero-order valence-corrected chi connectivity index (χ0v) is 11.3. The third-order valence-electron chi connectivity index (χ3n) is 2.11. The molecule has 3 N–H and O–H groups in total. The van der Waals surface area contributed by atoms with Gasteiger partial charge in [-0.1, -0.05) is 13.3 Å². The molecule has 1 unspecified atom stereocenters. The van der Waals surface area contributed by atoms with Crippen LogP contribution in [0.3, 0.4) is 0 Å². The first-order chi connectivity index (χ1) is 8.01. The molecule has 17 heavy (non-hydrogen) atoms. The number of imidazole rings is 1. The van der Waals surface area contributed by atoms with E-state index >= 15 is 0 Å². The molecule has 0 bridgehead atoms. The van der Waals surface area contributed by atoms with E-state index in [4.69, 9.17) is 10.8 Å². The molecule has 1 aromatic heterocycles. The van der Waals surface area contributed by atoms with Gasteiger partial charge in [-0.05, 0) is 6.42 Å². The normalized spacial score (nSPS) is 11.5. The summed E-state index contributed by atoms with van der Waals surface area (Å²) < 4.78 is 4.28. The van der Waals surface area contributed by atoms with Gasteiger partial charge in [0.15, 0.2) is 0 Å². The summed E-state index contributed by atoms with van der Waals surface area (Å²) in [5.74, 6) is -0.815. The number of nitrogens with two attached hydrogens (primary N) is 1. The van der Waals surface area contributed by atoms with Gasteiger partial charge in [-0.3, -0.25) is 4.79 Å². The highest BCUT2D eigenvalue weighted by atomic mass is 32.1. The Labute approximate surface area is 108 Å². The summed E-state index contributed by atoms with van der Waals surface area (Å²) in [4.78, 5) is 9.76. The molecule has 1 aromatic rings. The van der Waals surface area contributed by atoms with Gasteiger partial charge in [-0.25, -0.2) is 9.13 Å². The molecule has 0 spiro atoms. The fourth-order valence-electron chi connectivity index (χ4n) is 1.05.